The van der Waals surface area contributed by atoms with Crippen LogP contribution >= 0.6 is 23.1 Å². The number of anilines is 1. The van der Waals surface area contributed by atoms with Gasteiger partial charge in [0.25, 0.3) is 0 Å². The lowest BCUT2D eigenvalue weighted by Crippen LogP contribution is -2.43. The number of nitrogens with one attached hydrogen (secondary N) is 3. The molecule has 3 rings (SSSR count). The van der Waals surface area contributed by atoms with E-state index in [0.717, 1.165) is 16.5 Å². The Bertz CT molecular complexity index is 939. The lowest BCUT2D eigenvalue weighted by molar-refractivity contribution is -0.144. The number of ether oxygens (including phenoxy) is 1. The standard InChI is InChI=1S/C17H19N5O3S2/c1-18-16-21-22-17(27-16)26-9-14(23)20-13(15(24)25-2)7-10-8-19-12-6-4-3-5-11(10)12/h3-6,8,13,19H,7,9H2,1-2H3,(H,18,21)(H,20,23)/t13-/m1/s1. The van der Waals surface area contributed by atoms with Gasteiger partial charge < -0.3 is 20.4 Å². The number of esters is 1. The first-order valence-corrected chi connectivity index (χ1v) is 9.97. The number of aromatic amines is 1. The fraction of sp³-hybridized carbons (Fsp3) is 0.294. The Morgan fingerprint density at radius 1 is 1.33 bits per heavy atom. The summed E-state index contributed by atoms with van der Waals surface area (Å²) in [6, 6.07) is 7.05. The molecule has 1 atom stereocenters. The van der Waals surface area contributed by atoms with Crippen LogP contribution in [0.3, 0.4) is 0 Å². The predicted octanol–water partition coefficient (Wildman–Crippen LogP) is 2.05. The van der Waals surface area contributed by atoms with Crippen LogP contribution in [0.2, 0.25) is 0 Å². The molecule has 0 aliphatic carbocycles. The molecule has 0 spiro atoms. The Balaban J connectivity index is 1.64. The van der Waals surface area contributed by atoms with Crippen LogP contribution < -0.4 is 10.6 Å². The molecule has 10 heteroatoms. The molecular formula is C17H19N5O3S2. The second-order valence-electron chi connectivity index (χ2n) is 5.62. The summed E-state index contributed by atoms with van der Waals surface area (Å²) in [5.74, 6) is -0.608. The maximum Gasteiger partial charge on any atom is 0.328 e. The molecule has 1 amide bonds. The van der Waals surface area contributed by atoms with Crippen LogP contribution in [0.1, 0.15) is 5.56 Å². The minimum atomic E-state index is -0.760. The van der Waals surface area contributed by atoms with E-state index >= 15 is 0 Å². The Labute approximate surface area is 164 Å². The first-order valence-electron chi connectivity index (χ1n) is 8.17. The summed E-state index contributed by atoms with van der Waals surface area (Å²) >= 11 is 2.63. The van der Waals surface area contributed by atoms with E-state index in [1.165, 1.54) is 30.2 Å². The summed E-state index contributed by atoms with van der Waals surface area (Å²) in [6.45, 7) is 0. The van der Waals surface area contributed by atoms with Crippen LogP contribution in [0, 0.1) is 0 Å². The summed E-state index contributed by atoms with van der Waals surface area (Å²) in [7, 11) is 3.07. The number of nitrogens with zero attached hydrogens (tertiary/aromatic N) is 2. The van der Waals surface area contributed by atoms with Crippen molar-refractivity contribution in [1.82, 2.24) is 20.5 Å². The first-order chi connectivity index (χ1) is 13.1. The number of rotatable bonds is 8. The minimum absolute atomic E-state index is 0.139. The topological polar surface area (TPSA) is 109 Å². The molecular weight excluding hydrogens is 386 g/mol. The lowest BCUT2D eigenvalue weighted by Gasteiger charge is -2.16. The van der Waals surface area contributed by atoms with E-state index in [1.807, 2.05) is 30.5 Å². The molecule has 2 heterocycles. The number of carbonyl (C=O) groups excluding carboxylic acids is 2. The minimum Gasteiger partial charge on any atom is -0.467 e. The molecule has 0 radical (unpaired) electrons. The third kappa shape index (κ3) is 4.77. The highest BCUT2D eigenvalue weighted by Gasteiger charge is 2.23. The predicted molar refractivity (Wildman–Crippen MR) is 106 cm³/mol. The molecule has 27 heavy (non-hydrogen) atoms. The van der Waals surface area contributed by atoms with Crippen LogP contribution in [0.5, 0.6) is 0 Å². The van der Waals surface area contributed by atoms with Gasteiger partial charge in [0.15, 0.2) is 4.34 Å². The van der Waals surface area contributed by atoms with Gasteiger partial charge in [0.1, 0.15) is 6.04 Å². The third-order valence-electron chi connectivity index (χ3n) is 3.87. The van der Waals surface area contributed by atoms with Gasteiger partial charge in [-0.05, 0) is 11.6 Å². The second kappa shape index (κ2) is 8.87. The van der Waals surface area contributed by atoms with Crippen molar-refractivity contribution in [2.75, 3.05) is 25.2 Å². The number of carbonyl (C=O) groups is 2. The first kappa shape index (κ1) is 19.2. The van der Waals surface area contributed by atoms with E-state index in [1.54, 1.807) is 7.05 Å². The van der Waals surface area contributed by atoms with E-state index in [4.69, 9.17) is 4.74 Å². The average molecular weight is 406 g/mol. The molecule has 1 aromatic carbocycles. The van der Waals surface area contributed by atoms with Gasteiger partial charge in [-0.1, -0.05) is 41.3 Å². The van der Waals surface area contributed by atoms with E-state index in [-0.39, 0.29) is 11.7 Å². The fourth-order valence-electron chi connectivity index (χ4n) is 2.59. The molecule has 3 N–H and O–H groups in total. The molecule has 3 aromatic rings. The summed E-state index contributed by atoms with van der Waals surface area (Å²) in [5, 5.41) is 15.3. The molecule has 0 aliphatic heterocycles. The van der Waals surface area contributed by atoms with Gasteiger partial charge in [-0.2, -0.15) is 0 Å². The number of amides is 1. The number of fused-ring (bicyclic) bond motifs is 1. The van der Waals surface area contributed by atoms with Crippen molar-refractivity contribution in [3.05, 3.63) is 36.0 Å². The summed E-state index contributed by atoms with van der Waals surface area (Å²) in [5.41, 5.74) is 1.92. The molecule has 0 fully saturated rings. The van der Waals surface area contributed by atoms with Gasteiger partial charge >= 0.3 is 5.97 Å². The van der Waals surface area contributed by atoms with Crippen LogP contribution in [-0.4, -0.2) is 53.0 Å². The molecule has 8 nitrogen and oxygen atoms in total. The number of hydrogen-bond donors (Lipinski definition) is 3. The lowest BCUT2D eigenvalue weighted by atomic mass is 10.0. The second-order valence-corrected chi connectivity index (χ2v) is 7.82. The van der Waals surface area contributed by atoms with E-state index < -0.39 is 12.0 Å². The van der Waals surface area contributed by atoms with Crippen LogP contribution in [0.4, 0.5) is 5.13 Å². The number of para-hydroxylation sites is 1. The van der Waals surface area contributed by atoms with Crippen LogP contribution in [0.15, 0.2) is 34.8 Å². The van der Waals surface area contributed by atoms with Gasteiger partial charge in [-0.3, -0.25) is 4.79 Å². The SMILES string of the molecule is CNc1nnc(SCC(=O)N[C@H](Cc2c[nH]c3ccccc23)C(=O)OC)s1. The van der Waals surface area contributed by atoms with E-state index in [0.29, 0.717) is 15.9 Å². The largest absolute Gasteiger partial charge is 0.467 e. The Morgan fingerprint density at radius 3 is 2.89 bits per heavy atom. The maximum atomic E-state index is 12.3. The Hall–Kier alpha value is -2.59. The maximum absolute atomic E-state index is 12.3. The summed E-state index contributed by atoms with van der Waals surface area (Å²) in [6.07, 6.45) is 2.19. The fourth-order valence-corrected chi connectivity index (χ4v) is 4.10. The van der Waals surface area contributed by atoms with E-state index in [2.05, 4.69) is 25.8 Å². The van der Waals surface area contributed by atoms with Crippen molar-refractivity contribution in [1.29, 1.82) is 0 Å². The number of benzene rings is 1. The van der Waals surface area contributed by atoms with Crippen molar-refractivity contribution >= 4 is 51.0 Å². The number of thioether (sulfide) groups is 1. The smallest absolute Gasteiger partial charge is 0.328 e. The third-order valence-corrected chi connectivity index (χ3v) is 5.94. The highest BCUT2D eigenvalue weighted by Crippen LogP contribution is 2.25. The van der Waals surface area contributed by atoms with E-state index in [9.17, 15) is 9.59 Å². The monoisotopic (exact) mass is 405 g/mol. The van der Waals surface area contributed by atoms with Crippen LogP contribution in [0.25, 0.3) is 10.9 Å². The van der Waals surface area contributed by atoms with Crippen molar-refractivity contribution < 1.29 is 14.3 Å². The van der Waals surface area contributed by atoms with Gasteiger partial charge in [0, 0.05) is 30.6 Å². The molecule has 0 saturated heterocycles. The number of H-pyrrole nitrogens is 1. The highest BCUT2D eigenvalue weighted by molar-refractivity contribution is 8.01. The van der Waals surface area contributed by atoms with Gasteiger partial charge in [0.2, 0.25) is 11.0 Å². The normalized spacial score (nSPS) is 11.9. The number of hydrogen-bond acceptors (Lipinski definition) is 8. The number of methoxy groups -OCH3 is 1. The highest BCUT2D eigenvalue weighted by atomic mass is 32.2. The average Bonchev–Trinajstić information content (AvgIpc) is 3.32. The van der Waals surface area contributed by atoms with Crippen molar-refractivity contribution in [2.24, 2.45) is 0 Å². The molecule has 0 saturated carbocycles. The molecule has 142 valence electrons. The zero-order valence-corrected chi connectivity index (χ0v) is 16.4. The Kier molecular flexibility index (Phi) is 6.30. The van der Waals surface area contributed by atoms with Gasteiger partial charge in [-0.15, -0.1) is 10.2 Å². The van der Waals surface area contributed by atoms with Crippen molar-refractivity contribution in [2.45, 2.75) is 16.8 Å². The molecule has 0 aliphatic rings. The van der Waals surface area contributed by atoms with Gasteiger partial charge in [-0.25, -0.2) is 4.79 Å². The molecule has 2 aromatic heterocycles. The van der Waals surface area contributed by atoms with Crippen LogP contribution in [-0.2, 0) is 20.7 Å². The zero-order valence-electron chi connectivity index (χ0n) is 14.8. The van der Waals surface area contributed by atoms with Crippen molar-refractivity contribution in [3.8, 4) is 0 Å². The molecule has 0 bridgehead atoms. The number of aromatic nitrogens is 3. The quantitative estimate of drug-likeness (QED) is 0.389. The summed E-state index contributed by atoms with van der Waals surface area (Å²) < 4.78 is 5.54. The Morgan fingerprint density at radius 2 is 2.15 bits per heavy atom. The zero-order chi connectivity index (χ0) is 19.2. The van der Waals surface area contributed by atoms with Gasteiger partial charge in [0.05, 0.1) is 12.9 Å². The van der Waals surface area contributed by atoms with Crippen molar-refractivity contribution in [3.63, 3.8) is 0 Å². The summed E-state index contributed by atoms with van der Waals surface area (Å²) in [4.78, 5) is 27.6. The molecule has 0 unspecified atom stereocenters.